The van der Waals surface area contributed by atoms with Crippen LogP contribution in [-0.4, -0.2) is 8.07 Å². The van der Waals surface area contributed by atoms with Crippen molar-refractivity contribution in [1.29, 1.82) is 0 Å². The van der Waals surface area contributed by atoms with Gasteiger partial charge in [0.05, 0.1) is 0 Å². The molecule has 0 radical (unpaired) electrons. The van der Waals surface area contributed by atoms with Gasteiger partial charge in [0.25, 0.3) is 0 Å². The summed E-state index contributed by atoms with van der Waals surface area (Å²) in [4.78, 5) is 0. The lowest BCUT2D eigenvalue weighted by Crippen LogP contribution is -2.39. The van der Waals surface area contributed by atoms with E-state index in [0.717, 1.165) is 12.8 Å². The van der Waals surface area contributed by atoms with Crippen LogP contribution in [0.2, 0.25) is 12.1 Å². The van der Waals surface area contributed by atoms with Crippen LogP contribution in [-0.2, 0) is 12.8 Å². The van der Waals surface area contributed by atoms with Crippen molar-refractivity contribution in [3.63, 3.8) is 0 Å². The lowest BCUT2D eigenvalue weighted by atomic mass is 9.97. The number of benzene rings is 4. The minimum Gasteiger partial charge on any atom is -0.0709 e. The summed E-state index contributed by atoms with van der Waals surface area (Å²) < 4.78 is 0. The predicted octanol–water partition coefficient (Wildman–Crippen LogP) is 9.78. The van der Waals surface area contributed by atoms with Gasteiger partial charge in [-0.3, -0.25) is 0 Å². The maximum absolute atomic E-state index is 2.61. The lowest BCUT2D eigenvalue weighted by Gasteiger charge is -2.33. The normalized spacial score (nSPS) is 14.3. The highest BCUT2D eigenvalue weighted by Gasteiger charge is 2.41. The first-order chi connectivity index (χ1) is 18.0. The Labute approximate surface area is 223 Å². The van der Waals surface area contributed by atoms with Crippen LogP contribution in [0.1, 0.15) is 47.2 Å². The van der Waals surface area contributed by atoms with E-state index in [0.29, 0.717) is 0 Å². The number of allylic oxidation sites excluding steroid dienone is 2. The first-order valence-corrected chi connectivity index (χ1v) is 16.2. The molecule has 2 aliphatic rings. The Morgan fingerprint density at radius 3 is 1.32 bits per heavy atom. The smallest absolute Gasteiger partial charge is 0.0709 e. The average Bonchev–Trinajstić information content (AvgIpc) is 3.56. The van der Waals surface area contributed by atoms with Crippen molar-refractivity contribution < 1.29 is 0 Å². The summed E-state index contributed by atoms with van der Waals surface area (Å²) in [7, 11) is -1.82. The summed E-state index contributed by atoms with van der Waals surface area (Å²) in [5.41, 5.74) is 14.0. The summed E-state index contributed by atoms with van der Waals surface area (Å²) >= 11 is 0. The Hall–Kier alpha value is -3.42. The molecule has 0 unspecified atom stereocenters. The van der Waals surface area contributed by atoms with Gasteiger partial charge in [-0.1, -0.05) is 145 Å². The zero-order chi connectivity index (χ0) is 25.6. The fourth-order valence-electron chi connectivity index (χ4n) is 6.68. The second-order valence-corrected chi connectivity index (χ2v) is 15.8. The molecule has 0 aromatic heterocycles. The van der Waals surface area contributed by atoms with Crippen LogP contribution in [0.15, 0.2) is 95.3 Å². The minimum atomic E-state index is -1.82. The predicted molar refractivity (Wildman–Crippen MR) is 163 cm³/mol. The van der Waals surface area contributed by atoms with E-state index >= 15 is 0 Å². The molecule has 184 valence electrons. The fraction of sp³-hybridized carbons (Fsp3) is 0.222. The molecule has 0 nitrogen and oxygen atoms in total. The summed E-state index contributed by atoms with van der Waals surface area (Å²) in [6.07, 6.45) is 7.44. The van der Waals surface area contributed by atoms with Gasteiger partial charge in [0.1, 0.15) is 8.07 Å². The molecule has 0 saturated carbocycles. The van der Waals surface area contributed by atoms with Crippen molar-refractivity contribution in [2.45, 2.75) is 52.6 Å². The number of rotatable bonds is 6. The van der Waals surface area contributed by atoms with E-state index in [-0.39, 0.29) is 0 Å². The molecule has 4 aromatic carbocycles. The standard InChI is InChI=1S/C36H36Si/c1-5-37(6-2,31-21-29-9-7-11-33(35(29)23-31)27-17-13-25(3)14-18-27)32-22-30-10-8-12-34(36(30)24-32)28-19-15-26(4)16-20-28/h7-20,23-24H,5-6,21-22H2,1-4H3. The summed E-state index contributed by atoms with van der Waals surface area (Å²) in [5, 5.41) is 3.45. The summed E-state index contributed by atoms with van der Waals surface area (Å²) in [6.45, 7) is 9.23. The first kappa shape index (κ1) is 23.9. The van der Waals surface area contributed by atoms with Gasteiger partial charge in [-0.05, 0) is 71.2 Å². The SMILES string of the molecule is CC[Si](CC)(C1=Cc2c(cccc2-c2ccc(C)cc2)C1)C1=Cc2c(cccc2-c2ccc(C)cc2)C1. The fourth-order valence-corrected chi connectivity index (χ4v) is 11.3. The second kappa shape index (κ2) is 9.47. The van der Waals surface area contributed by atoms with Crippen molar-refractivity contribution in [1.82, 2.24) is 0 Å². The maximum Gasteiger partial charge on any atom is 0.109 e. The zero-order valence-corrected chi connectivity index (χ0v) is 23.6. The van der Waals surface area contributed by atoms with Gasteiger partial charge in [-0.15, -0.1) is 0 Å². The van der Waals surface area contributed by atoms with Crippen molar-refractivity contribution in [3.05, 3.63) is 129 Å². The van der Waals surface area contributed by atoms with Crippen LogP contribution >= 0.6 is 0 Å². The van der Waals surface area contributed by atoms with E-state index in [9.17, 15) is 0 Å². The van der Waals surface area contributed by atoms with E-state index in [1.54, 1.807) is 10.4 Å². The molecule has 0 fully saturated rings. The van der Waals surface area contributed by atoms with E-state index in [1.807, 2.05) is 0 Å². The molecule has 0 heterocycles. The molecule has 0 atom stereocenters. The highest BCUT2D eigenvalue weighted by Crippen LogP contribution is 2.46. The average molecular weight is 497 g/mol. The Bertz CT molecular complexity index is 1410. The molecule has 4 aromatic rings. The highest BCUT2D eigenvalue weighted by molar-refractivity contribution is 6.94. The van der Waals surface area contributed by atoms with Gasteiger partial charge in [-0.25, -0.2) is 0 Å². The molecule has 0 aliphatic heterocycles. The monoisotopic (exact) mass is 496 g/mol. The van der Waals surface area contributed by atoms with E-state index < -0.39 is 8.07 Å². The van der Waals surface area contributed by atoms with Gasteiger partial charge in [0, 0.05) is 0 Å². The van der Waals surface area contributed by atoms with Crippen LogP contribution in [0.3, 0.4) is 0 Å². The Kier molecular flexibility index (Phi) is 6.13. The van der Waals surface area contributed by atoms with E-state index in [1.165, 1.54) is 67.7 Å². The van der Waals surface area contributed by atoms with Gasteiger partial charge in [0.2, 0.25) is 0 Å². The summed E-state index contributed by atoms with van der Waals surface area (Å²) in [6, 6.07) is 34.4. The third kappa shape index (κ3) is 4.06. The molecule has 2 aliphatic carbocycles. The van der Waals surface area contributed by atoms with Gasteiger partial charge < -0.3 is 0 Å². The highest BCUT2D eigenvalue weighted by atomic mass is 28.3. The van der Waals surface area contributed by atoms with Gasteiger partial charge in [0.15, 0.2) is 0 Å². The van der Waals surface area contributed by atoms with Crippen LogP contribution in [0.5, 0.6) is 0 Å². The van der Waals surface area contributed by atoms with Crippen molar-refractivity contribution >= 4 is 20.2 Å². The van der Waals surface area contributed by atoms with Crippen LogP contribution in [0.4, 0.5) is 0 Å². The van der Waals surface area contributed by atoms with Gasteiger partial charge in [-0.2, -0.15) is 0 Å². The Morgan fingerprint density at radius 1 is 0.541 bits per heavy atom. The second-order valence-electron chi connectivity index (χ2n) is 11.0. The quantitative estimate of drug-likeness (QED) is 0.233. The Morgan fingerprint density at radius 2 is 0.946 bits per heavy atom. The van der Waals surface area contributed by atoms with Crippen LogP contribution in [0.25, 0.3) is 34.4 Å². The molecule has 0 saturated heterocycles. The molecule has 37 heavy (non-hydrogen) atoms. The number of hydrogen-bond acceptors (Lipinski definition) is 0. The number of aryl methyl sites for hydroxylation is 2. The Balaban J connectivity index is 1.42. The van der Waals surface area contributed by atoms with Crippen LogP contribution < -0.4 is 0 Å². The minimum absolute atomic E-state index is 1.11. The van der Waals surface area contributed by atoms with Crippen LogP contribution in [0, 0.1) is 13.8 Å². The molecule has 0 spiro atoms. The maximum atomic E-state index is 2.61. The first-order valence-electron chi connectivity index (χ1n) is 13.8. The lowest BCUT2D eigenvalue weighted by molar-refractivity contribution is 1.15. The number of fused-ring (bicyclic) bond motifs is 2. The molecule has 6 rings (SSSR count). The molecule has 0 N–H and O–H groups in total. The van der Waals surface area contributed by atoms with E-state index in [2.05, 4.69) is 125 Å². The molecule has 1 heteroatoms. The number of hydrogen-bond donors (Lipinski definition) is 0. The molecule has 0 bridgehead atoms. The topological polar surface area (TPSA) is 0 Å². The molecular weight excluding hydrogens is 460 g/mol. The van der Waals surface area contributed by atoms with Crippen molar-refractivity contribution in [3.8, 4) is 22.3 Å². The van der Waals surface area contributed by atoms with Crippen molar-refractivity contribution in [2.75, 3.05) is 0 Å². The molecular formula is C36H36Si. The van der Waals surface area contributed by atoms with Crippen molar-refractivity contribution in [2.24, 2.45) is 0 Å². The third-order valence-corrected chi connectivity index (χ3v) is 14.5. The van der Waals surface area contributed by atoms with E-state index in [4.69, 9.17) is 0 Å². The van der Waals surface area contributed by atoms with Gasteiger partial charge >= 0.3 is 0 Å². The third-order valence-electron chi connectivity index (χ3n) is 8.95. The summed E-state index contributed by atoms with van der Waals surface area (Å²) in [5.74, 6) is 0. The molecule has 0 amide bonds. The zero-order valence-electron chi connectivity index (χ0n) is 22.6. The largest absolute Gasteiger partial charge is 0.109 e.